The minimum absolute atomic E-state index is 0.0227. The first-order valence-electron chi connectivity index (χ1n) is 27.7. The molecule has 476 valence electrons. The first-order chi connectivity index (χ1) is 42.0. The molecule has 0 radical (unpaired) electrons. The molecule has 8 heterocycles. The molecule has 3 fully saturated rings. The molecule has 4 aromatic carbocycles. The summed E-state index contributed by atoms with van der Waals surface area (Å²) in [4.78, 5) is 39.6. The molecule has 12 rings (SSSR count). The third-order valence-corrected chi connectivity index (χ3v) is 17.9. The summed E-state index contributed by atoms with van der Waals surface area (Å²) in [6, 6.07) is 30.9. The molecule has 20 nitrogen and oxygen atoms in total. The van der Waals surface area contributed by atoms with Crippen LogP contribution >= 0.6 is 34.5 Å². The van der Waals surface area contributed by atoms with Gasteiger partial charge in [0.05, 0.1) is 42.4 Å². The Bertz CT molecular complexity index is 3910. The number of pyridine rings is 1. The van der Waals surface area contributed by atoms with Gasteiger partial charge in [0.25, 0.3) is 5.91 Å². The lowest BCUT2D eigenvalue weighted by Crippen LogP contribution is -2.60. The van der Waals surface area contributed by atoms with Crippen molar-refractivity contribution in [2.45, 2.75) is 120 Å². The molecule has 89 heavy (non-hydrogen) atoms. The normalized spacial score (nSPS) is 20.4. The van der Waals surface area contributed by atoms with Crippen LogP contribution < -0.4 is 14.6 Å². The Hall–Kier alpha value is -6.21. The zero-order valence-corrected chi connectivity index (χ0v) is 53.3. The summed E-state index contributed by atoms with van der Waals surface area (Å²) in [5.41, 5.74) is 7.33. The maximum absolute atomic E-state index is 13.0. The van der Waals surface area contributed by atoms with Crippen molar-refractivity contribution in [1.82, 2.24) is 24.4 Å². The molecular formula is C61H65Cl2F3N6O14S3. The Balaban J connectivity index is 0.000000142. The Kier molecular flexibility index (Phi) is 20.9. The van der Waals surface area contributed by atoms with Crippen molar-refractivity contribution >= 4 is 89.8 Å². The molecule has 4 N–H and O–H groups in total. The molecule has 1 unspecified atom stereocenters. The van der Waals surface area contributed by atoms with Crippen molar-refractivity contribution in [1.29, 1.82) is 0 Å². The van der Waals surface area contributed by atoms with Gasteiger partial charge in [-0.1, -0.05) is 53.5 Å². The third-order valence-electron chi connectivity index (χ3n) is 14.6. The van der Waals surface area contributed by atoms with Crippen LogP contribution in [0.4, 0.5) is 13.2 Å². The van der Waals surface area contributed by atoms with Gasteiger partial charge in [0, 0.05) is 74.1 Å². The highest BCUT2D eigenvalue weighted by Crippen LogP contribution is 2.48. The van der Waals surface area contributed by atoms with Gasteiger partial charge in [-0.2, -0.15) is 26.6 Å². The highest BCUT2D eigenvalue weighted by Gasteiger charge is 2.66. The van der Waals surface area contributed by atoms with E-state index in [1.807, 2.05) is 41.7 Å². The second-order valence-corrected chi connectivity index (χ2v) is 26.4. The molecule has 0 bridgehead atoms. The average Bonchev–Trinajstić information content (AvgIpc) is 1.60. The number of alkyl halides is 3. The Morgan fingerprint density at radius 3 is 2.39 bits per heavy atom. The predicted octanol–water partition coefficient (Wildman–Crippen LogP) is 11.0. The standard InChI is InChI=1S/C19H16ClNO4.C16H14F3N3O2S.C14H14ClNS.C12H21NO8S/c1-11-15(10-18(22)23)16-9-14(25-2)7-8-17(16)21(11)19(24)12-3-5-13(20)6-4-12;1-10-13(20-7-6-14(10)24-9-16(17,18)19)8-25(23)15-21-11-4-2-3-5-12(11)22-15;15-13-4-2-1-3-11(13)9-16-7-5-14-12(10-16)6-8-17-14;1-10(2)18-7-5-16-12(6-17-22(13,14)15)9(8(7)19-10)20-11(3,4)21-12/h3-9H,10H2,1-2H3,(H,22,23);2-7H,8-9H2,1H3,(H,21,22);1-4,6,8H,5,7,9-10H2;7-9H,5-6H2,1-4H3,(H2,13,14,15)/t;;;7-,8-,9+,12+/m...1/s1. The number of nitrogens with one attached hydrogen (secondary N) is 1. The second-order valence-electron chi connectivity index (χ2n) is 22.0. The largest absolute Gasteiger partial charge is 0.609 e. The zero-order valence-electron chi connectivity index (χ0n) is 49.3. The van der Waals surface area contributed by atoms with Gasteiger partial charge >= 0.3 is 27.6 Å². The van der Waals surface area contributed by atoms with Crippen molar-refractivity contribution in [3.05, 3.63) is 169 Å². The van der Waals surface area contributed by atoms with Crippen LogP contribution in [0.1, 0.15) is 76.6 Å². The molecule has 0 amide bonds. The summed E-state index contributed by atoms with van der Waals surface area (Å²) in [5.74, 6) is -3.68. The number of rotatable bonds is 14. The Labute approximate surface area is 528 Å². The number of carboxylic acid groups (broad SMARTS) is 1. The first-order valence-corrected chi connectivity index (χ1v) is 32.2. The number of imidazole rings is 1. The number of fused-ring (bicyclic) bond motifs is 6. The van der Waals surface area contributed by atoms with Crippen molar-refractivity contribution < 1.29 is 78.2 Å². The monoisotopic (exact) mass is 1330 g/mol. The van der Waals surface area contributed by atoms with Gasteiger partial charge in [-0.25, -0.2) is 5.14 Å². The Morgan fingerprint density at radius 1 is 0.966 bits per heavy atom. The van der Waals surface area contributed by atoms with Crippen LogP contribution in [0, 0.1) is 13.8 Å². The van der Waals surface area contributed by atoms with Crippen molar-refractivity contribution in [3.8, 4) is 11.5 Å². The van der Waals surface area contributed by atoms with E-state index in [2.05, 4.69) is 43.4 Å². The van der Waals surface area contributed by atoms with Gasteiger partial charge in [0.15, 0.2) is 23.9 Å². The van der Waals surface area contributed by atoms with E-state index in [0.717, 1.165) is 30.2 Å². The number of nitrogens with zero attached hydrogens (tertiary/aromatic N) is 4. The number of thiophene rings is 1. The molecule has 0 spiro atoms. The number of carbonyl (C=O) groups is 2. The Morgan fingerprint density at radius 2 is 1.70 bits per heavy atom. The molecule has 5 atom stereocenters. The summed E-state index contributed by atoms with van der Waals surface area (Å²) < 4.78 is 117. The van der Waals surface area contributed by atoms with E-state index < -0.39 is 76.4 Å². The summed E-state index contributed by atoms with van der Waals surface area (Å²) in [7, 11) is -2.59. The topological polar surface area (TPSA) is 261 Å². The van der Waals surface area contributed by atoms with E-state index >= 15 is 0 Å². The number of benzene rings is 4. The lowest BCUT2D eigenvalue weighted by atomic mass is 9.98. The van der Waals surface area contributed by atoms with Crippen LogP contribution in [-0.2, 0) is 85.8 Å². The first kappa shape index (κ1) is 67.2. The molecule has 28 heteroatoms. The number of carboxylic acids is 1. The summed E-state index contributed by atoms with van der Waals surface area (Å²) in [5, 5.41) is 18.7. The maximum atomic E-state index is 13.0. The number of methoxy groups -OCH3 is 1. The number of H-pyrrole nitrogens is 1. The van der Waals surface area contributed by atoms with Crippen molar-refractivity contribution in [2.75, 3.05) is 33.5 Å². The number of hydrogen-bond donors (Lipinski definition) is 3. The number of halogens is 5. The van der Waals surface area contributed by atoms with Crippen LogP contribution in [0.2, 0.25) is 10.0 Å². The van der Waals surface area contributed by atoms with Gasteiger partial charge in [-0.05, 0) is 143 Å². The molecule has 0 aliphatic carbocycles. The average molecular weight is 1330 g/mol. The number of carbonyl (C=O) groups excluding carboxylic acids is 1. The molecule has 8 aromatic rings. The lowest BCUT2D eigenvalue weighted by Gasteiger charge is -2.40. The smallest absolute Gasteiger partial charge is 0.422 e. The molecular weight excluding hydrogens is 1260 g/mol. The van der Waals surface area contributed by atoms with Gasteiger partial charge in [0.1, 0.15) is 36.4 Å². The van der Waals surface area contributed by atoms with Crippen LogP contribution in [0.15, 0.2) is 120 Å². The number of ether oxygens (including phenoxy) is 7. The highest BCUT2D eigenvalue weighted by molar-refractivity contribution is 7.90. The third kappa shape index (κ3) is 16.9. The van der Waals surface area contributed by atoms with Crippen LogP contribution in [0.25, 0.3) is 21.9 Å². The minimum Gasteiger partial charge on any atom is -0.609 e. The second kappa shape index (κ2) is 27.7. The van der Waals surface area contributed by atoms with E-state index in [-0.39, 0.29) is 36.5 Å². The maximum Gasteiger partial charge on any atom is 0.422 e. The van der Waals surface area contributed by atoms with E-state index in [0.29, 0.717) is 60.4 Å². The number of nitrogens with two attached hydrogens (primary N) is 1. The van der Waals surface area contributed by atoms with E-state index in [1.165, 1.54) is 34.4 Å². The molecule has 3 saturated heterocycles. The number of aromatic nitrogens is 4. The number of aromatic amines is 1. The summed E-state index contributed by atoms with van der Waals surface area (Å²) >= 11 is 12.5. The summed E-state index contributed by atoms with van der Waals surface area (Å²) in [6.07, 6.45) is -3.58. The molecule has 4 aliphatic heterocycles. The fourth-order valence-electron chi connectivity index (χ4n) is 10.6. The molecule has 4 aliphatic rings. The fourth-order valence-corrected chi connectivity index (χ4v) is 13.3. The van der Waals surface area contributed by atoms with E-state index in [4.69, 9.17) is 65.7 Å². The predicted molar refractivity (Wildman–Crippen MR) is 328 cm³/mol. The number of para-hydroxylation sites is 2. The number of hydrogen-bond acceptors (Lipinski definition) is 17. The fraction of sp³-hybridized carbons (Fsp3) is 0.377. The van der Waals surface area contributed by atoms with Gasteiger partial charge in [0.2, 0.25) is 5.79 Å². The van der Waals surface area contributed by atoms with Gasteiger partial charge < -0.3 is 42.8 Å². The SMILES string of the molecule is CC1(C)O[C@@H]2[C@@H](CO[C@@]3(COS(N)(=O)=O)OC(C)(C)O[C@@H]23)O1.COc1ccc2c(c1)c(CC(=O)O)c(C)n2C(=O)c1ccc(Cl)cc1.Cc1c(OCC(F)(F)F)ccnc1C[S+]([O-])c1nc2ccccc2[nH]1.Clc1ccccc1CN1CCc2sccc2C1. The van der Waals surface area contributed by atoms with E-state index in [9.17, 15) is 40.8 Å². The van der Waals surface area contributed by atoms with Crippen molar-refractivity contribution in [2.24, 2.45) is 5.14 Å². The minimum atomic E-state index is -4.42. The number of aliphatic carboxylic acids is 1. The van der Waals surface area contributed by atoms with Gasteiger partial charge in [-0.15, -0.1) is 11.3 Å². The van der Waals surface area contributed by atoms with E-state index in [1.54, 1.807) is 102 Å². The molecule has 0 saturated carbocycles. The van der Waals surface area contributed by atoms with Gasteiger partial charge in [-0.3, -0.25) is 33.2 Å². The van der Waals surface area contributed by atoms with Crippen LogP contribution in [0.5, 0.6) is 11.5 Å². The zero-order chi connectivity index (χ0) is 64.2. The van der Waals surface area contributed by atoms with Crippen LogP contribution in [0.3, 0.4) is 0 Å². The summed E-state index contributed by atoms with van der Waals surface area (Å²) in [6.45, 7) is 11.8. The highest BCUT2D eigenvalue weighted by atomic mass is 35.5. The quantitative estimate of drug-likeness (QED) is 0.0855. The van der Waals surface area contributed by atoms with Crippen LogP contribution in [-0.4, -0.2) is 130 Å². The lowest BCUT2D eigenvalue weighted by molar-refractivity contribution is -0.290. The van der Waals surface area contributed by atoms with Crippen molar-refractivity contribution in [3.63, 3.8) is 0 Å². The molecule has 4 aromatic heterocycles.